The molecule has 0 fully saturated rings. The molecule has 0 saturated carbocycles. The molecule has 5 atom stereocenters. The summed E-state index contributed by atoms with van der Waals surface area (Å²) in [5.41, 5.74) is 23.5. The van der Waals surface area contributed by atoms with Gasteiger partial charge in [0.05, 0.1) is 0 Å². The number of carboxylic acid groups (broad SMARTS) is 5. The number of carbonyl (C=O) groups is 5. The van der Waals surface area contributed by atoms with Crippen LogP contribution in [0.1, 0.15) is 62.4 Å². The molecule has 410 valence electrons. The van der Waals surface area contributed by atoms with Gasteiger partial charge >= 0.3 is 29.8 Å². The SMILES string of the molecule is C[C@](N)(Cc1ccc(O)c(O)c1)C(=O)O.C[C@](N)(Cc1ccc(O)c(O)c1)C(=O)O.C[C@](N)(Cc1ccc(O)c(O)c1)C(=O)O.C[C@](N)(Cc1ccc(O)c(O)c1)C(=O)O.C[C@](N)(Cc1ccc(O)c(O)c1)C(=O)O. The number of benzene rings is 5. The molecule has 0 aromatic heterocycles. The van der Waals surface area contributed by atoms with Crippen LogP contribution >= 0.6 is 0 Å². The second kappa shape index (κ2) is 26.3. The highest BCUT2D eigenvalue weighted by atomic mass is 16.4. The molecule has 75 heavy (non-hydrogen) atoms. The zero-order valence-corrected chi connectivity index (χ0v) is 41.3. The van der Waals surface area contributed by atoms with Gasteiger partial charge in [-0.3, -0.25) is 24.0 Å². The summed E-state index contributed by atoms with van der Waals surface area (Å²) in [6.07, 6.45) is 0.398. The molecule has 25 N–H and O–H groups in total. The standard InChI is InChI=1S/5C10H13NO4/c5*1-10(11,9(14)15)5-6-2-3-7(12)8(13)4-6/h5*2-4,12-13H,5,11H2,1H3,(H,14,15)/t5*10-/m00000/s1. The molecule has 5 aromatic carbocycles. The predicted molar refractivity (Wildman–Crippen MR) is 269 cm³/mol. The number of nitrogens with two attached hydrogens (primary N) is 5. The van der Waals surface area contributed by atoms with Crippen LogP contribution < -0.4 is 28.7 Å². The maximum atomic E-state index is 10.7. The van der Waals surface area contributed by atoms with Crippen LogP contribution in [0.3, 0.4) is 0 Å². The summed E-state index contributed by atoms with van der Waals surface area (Å²) in [7, 11) is 0. The van der Waals surface area contributed by atoms with E-state index in [0.717, 1.165) is 0 Å². The normalized spacial score (nSPS) is 14.5. The first-order chi connectivity index (χ1) is 34.1. The van der Waals surface area contributed by atoms with E-state index in [1.165, 1.54) is 126 Å². The van der Waals surface area contributed by atoms with Gasteiger partial charge in [-0.2, -0.15) is 0 Å². The minimum absolute atomic E-state index is 0.0795. The fraction of sp³-hybridized carbons (Fsp3) is 0.300. The molecule has 0 aliphatic rings. The second-order valence-electron chi connectivity index (χ2n) is 18.6. The molecule has 0 aliphatic heterocycles. The zero-order valence-electron chi connectivity index (χ0n) is 41.3. The van der Waals surface area contributed by atoms with Crippen LogP contribution in [-0.2, 0) is 56.1 Å². The van der Waals surface area contributed by atoms with Crippen LogP contribution in [0.15, 0.2) is 91.0 Å². The summed E-state index contributed by atoms with van der Waals surface area (Å²) in [5, 5.41) is 135. The highest BCUT2D eigenvalue weighted by molar-refractivity contribution is 5.80. The van der Waals surface area contributed by atoms with Gasteiger partial charge in [0.15, 0.2) is 57.5 Å². The minimum atomic E-state index is -1.39. The highest BCUT2D eigenvalue weighted by Crippen LogP contribution is 2.30. The van der Waals surface area contributed by atoms with Crippen LogP contribution in [-0.4, -0.2) is 134 Å². The van der Waals surface area contributed by atoms with Gasteiger partial charge in [0.1, 0.15) is 27.7 Å². The van der Waals surface area contributed by atoms with Crippen molar-refractivity contribution in [1.82, 2.24) is 0 Å². The molecule has 0 bridgehead atoms. The Morgan fingerprint density at radius 1 is 0.280 bits per heavy atom. The molecule has 0 unspecified atom stereocenters. The van der Waals surface area contributed by atoms with Gasteiger partial charge in [-0.15, -0.1) is 0 Å². The molecule has 0 aliphatic carbocycles. The summed E-state index contributed by atoms with van der Waals surface area (Å²) < 4.78 is 0. The van der Waals surface area contributed by atoms with Gasteiger partial charge in [0.2, 0.25) is 0 Å². The Kier molecular flexibility index (Phi) is 22.5. The first-order valence-electron chi connectivity index (χ1n) is 21.8. The van der Waals surface area contributed by atoms with E-state index in [4.69, 9.17) is 79.7 Å². The lowest BCUT2D eigenvalue weighted by atomic mass is 9.94. The fourth-order valence-electron chi connectivity index (χ4n) is 5.89. The molecular weight excluding hydrogens is 991 g/mol. The van der Waals surface area contributed by atoms with Gasteiger partial charge < -0.3 is 105 Å². The van der Waals surface area contributed by atoms with Crippen LogP contribution in [0, 0.1) is 0 Å². The van der Waals surface area contributed by atoms with Crippen molar-refractivity contribution < 1.29 is 101 Å². The van der Waals surface area contributed by atoms with Gasteiger partial charge in [-0.1, -0.05) is 30.3 Å². The van der Waals surface area contributed by atoms with E-state index < -0.39 is 57.5 Å². The maximum absolute atomic E-state index is 10.7. The number of aromatic hydroxyl groups is 10. The number of rotatable bonds is 15. The van der Waals surface area contributed by atoms with E-state index in [0.29, 0.717) is 27.8 Å². The van der Waals surface area contributed by atoms with Crippen LogP contribution in [0.2, 0.25) is 0 Å². The third-order valence-electron chi connectivity index (χ3n) is 10.5. The number of hydrogen-bond acceptors (Lipinski definition) is 20. The lowest BCUT2D eigenvalue weighted by Gasteiger charge is -2.19. The van der Waals surface area contributed by atoms with Crippen LogP contribution in [0.5, 0.6) is 57.5 Å². The van der Waals surface area contributed by atoms with Gasteiger partial charge in [-0.25, -0.2) is 0 Å². The number of aliphatic carboxylic acids is 5. The highest BCUT2D eigenvalue weighted by Gasteiger charge is 2.32. The maximum Gasteiger partial charge on any atom is 0.323 e. The van der Waals surface area contributed by atoms with E-state index >= 15 is 0 Å². The second-order valence-corrected chi connectivity index (χ2v) is 18.6. The number of hydrogen-bond donors (Lipinski definition) is 20. The van der Waals surface area contributed by atoms with Crippen molar-refractivity contribution in [1.29, 1.82) is 0 Å². The van der Waals surface area contributed by atoms with Crippen LogP contribution in [0.25, 0.3) is 0 Å². The Balaban J connectivity index is 0.000000469. The molecule has 0 saturated heterocycles. The summed E-state index contributed by atoms with van der Waals surface area (Å²) in [4.78, 5) is 53.7. The topological polar surface area (TPSA) is 519 Å². The molecule has 0 radical (unpaired) electrons. The molecule has 25 nitrogen and oxygen atoms in total. The molecule has 0 spiro atoms. The zero-order chi connectivity index (χ0) is 58.2. The van der Waals surface area contributed by atoms with E-state index in [1.807, 2.05) is 0 Å². The first-order valence-corrected chi connectivity index (χ1v) is 21.8. The fourth-order valence-corrected chi connectivity index (χ4v) is 5.89. The van der Waals surface area contributed by atoms with Crippen molar-refractivity contribution in [3.05, 3.63) is 119 Å². The van der Waals surface area contributed by atoms with Crippen molar-refractivity contribution in [3.63, 3.8) is 0 Å². The number of carboxylic acids is 5. The average molecular weight is 1060 g/mol. The quantitative estimate of drug-likeness (QED) is 0.0668. The monoisotopic (exact) mass is 1060 g/mol. The van der Waals surface area contributed by atoms with Crippen molar-refractivity contribution in [2.75, 3.05) is 0 Å². The van der Waals surface area contributed by atoms with Gasteiger partial charge in [0.25, 0.3) is 0 Å². The summed E-state index contributed by atoms with van der Waals surface area (Å²) in [6.45, 7) is 6.94. The predicted octanol–water partition coefficient (Wildman–Crippen LogP) is 2.21. The molecule has 0 amide bonds. The summed E-state index contributed by atoms with van der Waals surface area (Å²) >= 11 is 0. The van der Waals surface area contributed by atoms with E-state index in [1.54, 1.807) is 0 Å². The van der Waals surface area contributed by atoms with Gasteiger partial charge in [0, 0.05) is 32.1 Å². The van der Waals surface area contributed by atoms with Crippen molar-refractivity contribution in [3.8, 4) is 57.5 Å². The van der Waals surface area contributed by atoms with E-state index in [9.17, 15) is 49.5 Å². The lowest BCUT2D eigenvalue weighted by Crippen LogP contribution is -2.46. The largest absolute Gasteiger partial charge is 0.504 e. The third-order valence-corrected chi connectivity index (χ3v) is 10.5. The Morgan fingerprint density at radius 2 is 0.400 bits per heavy atom. The molecule has 25 heteroatoms. The minimum Gasteiger partial charge on any atom is -0.504 e. The Labute approximate surface area is 428 Å². The number of phenols is 10. The molecule has 5 aromatic rings. The van der Waals surface area contributed by atoms with Crippen molar-refractivity contribution in [2.45, 2.75) is 94.4 Å². The molecule has 0 heterocycles. The Bertz CT molecular complexity index is 2370. The first kappa shape index (κ1) is 64.3. The average Bonchev–Trinajstić information content (AvgIpc) is 3.27. The summed E-state index contributed by atoms with van der Waals surface area (Å²) in [6, 6.07) is 20.5. The molecular formula is C50H65N5O20. The summed E-state index contributed by atoms with van der Waals surface area (Å²) in [5.74, 6) is -8.21. The number of phenolic OH excluding ortho intramolecular Hbond substituents is 10. The Morgan fingerprint density at radius 3 is 0.493 bits per heavy atom. The van der Waals surface area contributed by atoms with Gasteiger partial charge in [-0.05, 0) is 123 Å². The van der Waals surface area contributed by atoms with Crippen molar-refractivity contribution in [2.24, 2.45) is 28.7 Å². The van der Waals surface area contributed by atoms with E-state index in [-0.39, 0.29) is 89.6 Å². The third kappa shape index (κ3) is 21.1. The molecule has 5 rings (SSSR count). The van der Waals surface area contributed by atoms with Crippen LogP contribution in [0.4, 0.5) is 0 Å². The lowest BCUT2D eigenvalue weighted by molar-refractivity contribution is -0.143. The Hall–Kier alpha value is -8.75. The van der Waals surface area contributed by atoms with E-state index in [2.05, 4.69) is 0 Å². The smallest absolute Gasteiger partial charge is 0.323 e. The van der Waals surface area contributed by atoms with Crippen molar-refractivity contribution >= 4 is 29.8 Å².